The van der Waals surface area contributed by atoms with E-state index in [-0.39, 0.29) is 5.91 Å². The van der Waals surface area contributed by atoms with Gasteiger partial charge in [0.25, 0.3) is 5.91 Å². The first-order chi connectivity index (χ1) is 11.7. The van der Waals surface area contributed by atoms with E-state index in [9.17, 15) is 4.79 Å². The second-order valence-corrected chi connectivity index (χ2v) is 5.53. The first kappa shape index (κ1) is 16.0. The minimum Gasteiger partial charge on any atom is -0.347 e. The molecule has 3 rings (SSSR count). The quantitative estimate of drug-likeness (QED) is 0.742. The number of halogens is 1. The summed E-state index contributed by atoms with van der Waals surface area (Å²) in [6.45, 7) is 0.445. The third-order valence-corrected chi connectivity index (χ3v) is 3.53. The molecule has 0 unspecified atom stereocenters. The van der Waals surface area contributed by atoms with Gasteiger partial charge in [0.05, 0.1) is 0 Å². The van der Waals surface area contributed by atoms with E-state index < -0.39 is 0 Å². The van der Waals surface area contributed by atoms with Gasteiger partial charge in [0.15, 0.2) is 0 Å². The van der Waals surface area contributed by atoms with Crippen molar-refractivity contribution in [2.75, 3.05) is 5.32 Å². The number of carbonyl (C=O) groups excluding carboxylic acids is 1. The molecule has 2 aromatic carbocycles. The van der Waals surface area contributed by atoms with Crippen molar-refractivity contribution >= 4 is 29.0 Å². The lowest BCUT2D eigenvalue weighted by Gasteiger charge is -2.08. The Morgan fingerprint density at radius 3 is 2.62 bits per heavy atom. The summed E-state index contributed by atoms with van der Waals surface area (Å²) in [4.78, 5) is 20.4. The van der Waals surface area contributed by atoms with Crippen molar-refractivity contribution < 1.29 is 4.79 Å². The van der Waals surface area contributed by atoms with Crippen molar-refractivity contribution in [2.24, 2.45) is 0 Å². The van der Waals surface area contributed by atoms with Gasteiger partial charge in [0.2, 0.25) is 0 Å². The van der Waals surface area contributed by atoms with E-state index in [0.717, 1.165) is 11.3 Å². The number of hydrogen-bond acceptors (Lipinski definition) is 4. The lowest BCUT2D eigenvalue weighted by Crippen LogP contribution is -2.24. The van der Waals surface area contributed by atoms with Crippen LogP contribution in [0.15, 0.2) is 67.0 Å². The number of amides is 1. The molecule has 1 aromatic heterocycles. The molecule has 24 heavy (non-hydrogen) atoms. The molecular weight excluding hydrogens is 324 g/mol. The van der Waals surface area contributed by atoms with Crippen molar-refractivity contribution in [1.82, 2.24) is 15.3 Å². The summed E-state index contributed by atoms with van der Waals surface area (Å²) in [7, 11) is 0. The highest BCUT2D eigenvalue weighted by atomic mass is 35.5. The lowest BCUT2D eigenvalue weighted by atomic mass is 10.2. The Morgan fingerprint density at radius 1 is 1.00 bits per heavy atom. The van der Waals surface area contributed by atoms with Crippen LogP contribution < -0.4 is 10.6 Å². The first-order valence-corrected chi connectivity index (χ1v) is 7.75. The summed E-state index contributed by atoms with van der Waals surface area (Å²) in [5.74, 6) is 0.271. The molecule has 0 radical (unpaired) electrons. The Labute approximate surface area is 144 Å². The number of anilines is 2. The average Bonchev–Trinajstić information content (AvgIpc) is 2.61. The minimum absolute atomic E-state index is 0.254. The van der Waals surface area contributed by atoms with Crippen LogP contribution in [0.4, 0.5) is 11.5 Å². The molecule has 6 heteroatoms. The van der Waals surface area contributed by atoms with Gasteiger partial charge >= 0.3 is 0 Å². The Bertz CT molecular complexity index is 839. The first-order valence-electron chi connectivity index (χ1n) is 7.37. The Hall–Kier alpha value is -2.92. The van der Waals surface area contributed by atoms with E-state index >= 15 is 0 Å². The van der Waals surface area contributed by atoms with Crippen LogP contribution in [0.2, 0.25) is 5.02 Å². The van der Waals surface area contributed by atoms with Crippen LogP contribution in [0.1, 0.15) is 16.1 Å². The number of aromatic nitrogens is 2. The lowest BCUT2D eigenvalue weighted by molar-refractivity contribution is 0.0946. The van der Waals surface area contributed by atoms with E-state index in [4.69, 9.17) is 11.6 Å². The highest BCUT2D eigenvalue weighted by Gasteiger charge is 2.08. The van der Waals surface area contributed by atoms with Crippen LogP contribution in [0.25, 0.3) is 0 Å². The molecule has 0 aliphatic rings. The fraction of sp³-hybridized carbons (Fsp3) is 0.0556. The predicted octanol–water partition coefficient (Wildman–Crippen LogP) is 3.80. The molecule has 0 bridgehead atoms. The summed E-state index contributed by atoms with van der Waals surface area (Å²) >= 11 is 5.96. The molecule has 0 fully saturated rings. The van der Waals surface area contributed by atoms with E-state index in [1.54, 1.807) is 18.2 Å². The fourth-order valence-corrected chi connectivity index (χ4v) is 2.32. The van der Waals surface area contributed by atoms with Gasteiger partial charge in [-0.25, -0.2) is 9.97 Å². The topological polar surface area (TPSA) is 66.9 Å². The predicted molar refractivity (Wildman–Crippen MR) is 94.4 cm³/mol. The minimum atomic E-state index is -0.254. The molecule has 120 valence electrons. The molecule has 1 heterocycles. The molecule has 3 aromatic rings. The van der Waals surface area contributed by atoms with Crippen molar-refractivity contribution in [1.29, 1.82) is 0 Å². The van der Waals surface area contributed by atoms with Gasteiger partial charge in [-0.1, -0.05) is 48.0 Å². The maximum atomic E-state index is 12.2. The summed E-state index contributed by atoms with van der Waals surface area (Å²) in [6.07, 6.45) is 1.35. The summed E-state index contributed by atoms with van der Waals surface area (Å²) < 4.78 is 0. The molecule has 0 spiro atoms. The smallest absolute Gasteiger partial charge is 0.270 e. The molecule has 0 aliphatic carbocycles. The summed E-state index contributed by atoms with van der Waals surface area (Å²) in [5.41, 5.74) is 2.11. The number of benzene rings is 2. The van der Waals surface area contributed by atoms with Gasteiger partial charge in [-0.2, -0.15) is 0 Å². The second kappa shape index (κ2) is 7.57. The Balaban J connectivity index is 1.67. The zero-order valence-corrected chi connectivity index (χ0v) is 13.5. The van der Waals surface area contributed by atoms with Gasteiger partial charge in [0, 0.05) is 23.3 Å². The maximum Gasteiger partial charge on any atom is 0.270 e. The maximum absolute atomic E-state index is 12.2. The molecule has 2 N–H and O–H groups in total. The van der Waals surface area contributed by atoms with Crippen LogP contribution in [0.3, 0.4) is 0 Å². The number of rotatable bonds is 5. The van der Waals surface area contributed by atoms with E-state index in [0.29, 0.717) is 23.1 Å². The third-order valence-electron chi connectivity index (χ3n) is 3.29. The molecular formula is C18H15ClN4O. The number of carbonyl (C=O) groups is 1. The Morgan fingerprint density at radius 2 is 1.83 bits per heavy atom. The van der Waals surface area contributed by atoms with Gasteiger partial charge in [-0.3, -0.25) is 4.79 Å². The molecule has 5 nitrogen and oxygen atoms in total. The average molecular weight is 339 g/mol. The molecule has 0 atom stereocenters. The Kier molecular flexibility index (Phi) is 5.03. The van der Waals surface area contributed by atoms with Gasteiger partial charge in [-0.05, 0) is 23.8 Å². The van der Waals surface area contributed by atoms with Crippen LogP contribution in [0, 0.1) is 0 Å². The van der Waals surface area contributed by atoms with Gasteiger partial charge in [0.1, 0.15) is 17.8 Å². The summed E-state index contributed by atoms with van der Waals surface area (Å²) in [6, 6.07) is 18.6. The second-order valence-electron chi connectivity index (χ2n) is 5.09. The largest absolute Gasteiger partial charge is 0.347 e. The van der Waals surface area contributed by atoms with Crippen molar-refractivity contribution in [3.63, 3.8) is 0 Å². The van der Waals surface area contributed by atoms with E-state index in [1.807, 2.05) is 42.5 Å². The van der Waals surface area contributed by atoms with Gasteiger partial charge < -0.3 is 10.6 Å². The fourth-order valence-electron chi connectivity index (χ4n) is 2.13. The van der Waals surface area contributed by atoms with Crippen molar-refractivity contribution in [3.8, 4) is 0 Å². The van der Waals surface area contributed by atoms with Crippen molar-refractivity contribution in [3.05, 3.63) is 83.3 Å². The highest BCUT2D eigenvalue weighted by molar-refractivity contribution is 6.30. The standard InChI is InChI=1S/C18H15ClN4O/c19-14-7-4-8-15(9-14)23-17-10-16(21-12-22-17)18(24)20-11-13-5-2-1-3-6-13/h1-10,12H,11H2,(H,20,24)(H,21,22,23). The molecule has 0 saturated carbocycles. The number of nitrogens with one attached hydrogen (secondary N) is 2. The zero-order valence-electron chi connectivity index (χ0n) is 12.7. The van der Waals surface area contributed by atoms with Crippen LogP contribution >= 0.6 is 11.6 Å². The van der Waals surface area contributed by atoms with Crippen molar-refractivity contribution in [2.45, 2.75) is 6.54 Å². The number of nitrogens with zero attached hydrogens (tertiary/aromatic N) is 2. The van der Waals surface area contributed by atoms with E-state index in [2.05, 4.69) is 20.6 Å². The number of hydrogen-bond donors (Lipinski definition) is 2. The van der Waals surface area contributed by atoms with Crippen LogP contribution in [-0.2, 0) is 6.54 Å². The van der Waals surface area contributed by atoms with Gasteiger partial charge in [-0.15, -0.1) is 0 Å². The summed E-state index contributed by atoms with van der Waals surface area (Å²) in [5, 5.41) is 6.56. The van der Waals surface area contributed by atoms with Crippen LogP contribution in [0.5, 0.6) is 0 Å². The monoisotopic (exact) mass is 338 g/mol. The third kappa shape index (κ3) is 4.30. The molecule has 0 aliphatic heterocycles. The molecule has 1 amide bonds. The molecule has 0 saturated heterocycles. The normalized spacial score (nSPS) is 10.2. The van der Waals surface area contributed by atoms with Crippen LogP contribution in [-0.4, -0.2) is 15.9 Å². The highest BCUT2D eigenvalue weighted by Crippen LogP contribution is 2.18. The SMILES string of the molecule is O=C(NCc1ccccc1)c1cc(Nc2cccc(Cl)c2)ncn1. The van der Waals surface area contributed by atoms with E-state index in [1.165, 1.54) is 6.33 Å². The zero-order chi connectivity index (χ0) is 16.8.